The van der Waals surface area contributed by atoms with E-state index in [2.05, 4.69) is 15.4 Å². The van der Waals surface area contributed by atoms with Crippen LogP contribution in [-0.2, 0) is 14.4 Å². The molecule has 0 radical (unpaired) electrons. The van der Waals surface area contributed by atoms with Crippen LogP contribution in [-0.4, -0.2) is 43.9 Å². The van der Waals surface area contributed by atoms with E-state index in [4.69, 9.17) is 0 Å². The Labute approximate surface area is 150 Å². The largest absolute Gasteiger partial charge is 0.323 e. The maximum absolute atomic E-state index is 12.4. The van der Waals surface area contributed by atoms with E-state index in [0.717, 1.165) is 30.6 Å². The van der Waals surface area contributed by atoms with Crippen LogP contribution in [0.15, 0.2) is 36.8 Å². The molecule has 2 aromatic heterocycles. The Balaban J connectivity index is 1.39. The monoisotopic (exact) mass is 353 g/mol. The lowest BCUT2D eigenvalue weighted by Gasteiger charge is -2.19. The number of carbonyl (C=O) groups is 3. The molecule has 1 aliphatic carbocycles. The number of imide groups is 1. The fourth-order valence-electron chi connectivity index (χ4n) is 3.73. The summed E-state index contributed by atoms with van der Waals surface area (Å²) in [5, 5.41) is 6.77. The molecule has 0 spiro atoms. The van der Waals surface area contributed by atoms with E-state index in [0.29, 0.717) is 11.5 Å². The molecule has 3 amide bonds. The van der Waals surface area contributed by atoms with Gasteiger partial charge in [-0.15, -0.1) is 0 Å². The number of likely N-dealkylation sites (tertiary alicyclic amines) is 1. The molecule has 1 aliphatic heterocycles. The van der Waals surface area contributed by atoms with Crippen LogP contribution < -0.4 is 5.32 Å². The van der Waals surface area contributed by atoms with Gasteiger partial charge in [0.1, 0.15) is 6.54 Å². The van der Waals surface area contributed by atoms with E-state index in [1.54, 1.807) is 35.3 Å². The Bertz CT molecular complexity index is 807. The van der Waals surface area contributed by atoms with Gasteiger partial charge in [-0.05, 0) is 31.0 Å². The van der Waals surface area contributed by atoms with E-state index in [-0.39, 0.29) is 30.2 Å². The molecule has 1 N–H and O–H groups in total. The first-order valence-electron chi connectivity index (χ1n) is 8.74. The van der Waals surface area contributed by atoms with Gasteiger partial charge in [0, 0.05) is 12.4 Å². The lowest BCUT2D eigenvalue weighted by molar-refractivity contribution is -0.142. The van der Waals surface area contributed by atoms with Crippen molar-refractivity contribution in [1.29, 1.82) is 0 Å². The van der Waals surface area contributed by atoms with Crippen LogP contribution in [0.3, 0.4) is 0 Å². The molecular formula is C18H19N5O3. The van der Waals surface area contributed by atoms with Crippen LogP contribution in [0.2, 0.25) is 0 Å². The molecule has 2 aromatic rings. The quantitative estimate of drug-likeness (QED) is 0.838. The van der Waals surface area contributed by atoms with Crippen molar-refractivity contribution < 1.29 is 14.4 Å². The van der Waals surface area contributed by atoms with Gasteiger partial charge >= 0.3 is 0 Å². The number of rotatable bonds is 4. The molecule has 134 valence electrons. The Morgan fingerprint density at radius 3 is 2.46 bits per heavy atom. The summed E-state index contributed by atoms with van der Waals surface area (Å²) in [7, 11) is 0. The summed E-state index contributed by atoms with van der Waals surface area (Å²) in [4.78, 5) is 42.5. The minimum Gasteiger partial charge on any atom is -0.323 e. The first-order chi connectivity index (χ1) is 12.6. The number of nitrogens with one attached hydrogen (secondary N) is 1. The summed E-state index contributed by atoms with van der Waals surface area (Å²) in [6.07, 6.45) is 8.35. The molecule has 4 rings (SSSR count). The van der Waals surface area contributed by atoms with Gasteiger partial charge < -0.3 is 5.32 Å². The van der Waals surface area contributed by atoms with Gasteiger partial charge in [-0.1, -0.05) is 12.8 Å². The number of pyridine rings is 1. The minimum absolute atomic E-state index is 0.206. The van der Waals surface area contributed by atoms with E-state index >= 15 is 0 Å². The van der Waals surface area contributed by atoms with Crippen LogP contribution in [0.25, 0.3) is 5.82 Å². The normalized spacial score (nSPS) is 22.4. The summed E-state index contributed by atoms with van der Waals surface area (Å²) in [6, 6.07) is 5.22. The third-order valence-electron chi connectivity index (χ3n) is 5.00. The molecule has 26 heavy (non-hydrogen) atoms. The highest BCUT2D eigenvalue weighted by Crippen LogP contribution is 2.37. The molecule has 0 aromatic carbocycles. The zero-order valence-corrected chi connectivity index (χ0v) is 14.2. The molecule has 2 unspecified atom stereocenters. The van der Waals surface area contributed by atoms with Crippen LogP contribution >= 0.6 is 0 Å². The Hall–Kier alpha value is -3.03. The molecule has 8 heteroatoms. The second-order valence-electron chi connectivity index (χ2n) is 6.66. The predicted octanol–water partition coefficient (Wildman–Crippen LogP) is 1.38. The summed E-state index contributed by atoms with van der Waals surface area (Å²) >= 11 is 0. The van der Waals surface area contributed by atoms with Gasteiger partial charge in [-0.25, -0.2) is 9.67 Å². The average molecular weight is 353 g/mol. The zero-order chi connectivity index (χ0) is 18.1. The topological polar surface area (TPSA) is 97.2 Å². The predicted molar refractivity (Wildman–Crippen MR) is 92.2 cm³/mol. The highest BCUT2D eigenvalue weighted by atomic mass is 16.2. The van der Waals surface area contributed by atoms with Gasteiger partial charge in [-0.2, -0.15) is 5.10 Å². The number of hydrogen-bond donors (Lipinski definition) is 1. The highest BCUT2D eigenvalue weighted by molar-refractivity contribution is 6.08. The van der Waals surface area contributed by atoms with Gasteiger partial charge in [0.05, 0.1) is 23.7 Å². The van der Waals surface area contributed by atoms with Crippen LogP contribution in [0.5, 0.6) is 0 Å². The van der Waals surface area contributed by atoms with Crippen molar-refractivity contribution in [2.24, 2.45) is 11.8 Å². The molecule has 8 nitrogen and oxygen atoms in total. The molecule has 2 atom stereocenters. The number of carbonyl (C=O) groups excluding carboxylic acids is 3. The third-order valence-corrected chi connectivity index (χ3v) is 5.00. The van der Waals surface area contributed by atoms with Crippen molar-refractivity contribution in [3.8, 4) is 5.82 Å². The molecular weight excluding hydrogens is 334 g/mol. The summed E-state index contributed by atoms with van der Waals surface area (Å²) in [5.41, 5.74) is 0.502. The summed E-state index contributed by atoms with van der Waals surface area (Å²) < 4.78 is 1.61. The number of fused-ring (bicyclic) bond motifs is 1. The Morgan fingerprint density at radius 2 is 1.88 bits per heavy atom. The summed E-state index contributed by atoms with van der Waals surface area (Å²) in [5.74, 6) is -0.664. The number of amides is 3. The fourth-order valence-corrected chi connectivity index (χ4v) is 3.73. The van der Waals surface area contributed by atoms with Crippen LogP contribution in [0, 0.1) is 11.8 Å². The van der Waals surface area contributed by atoms with Gasteiger partial charge in [0.2, 0.25) is 17.7 Å². The van der Waals surface area contributed by atoms with Crippen molar-refractivity contribution in [3.63, 3.8) is 0 Å². The Morgan fingerprint density at radius 1 is 1.15 bits per heavy atom. The van der Waals surface area contributed by atoms with Crippen molar-refractivity contribution in [2.45, 2.75) is 25.7 Å². The molecule has 0 bridgehead atoms. The SMILES string of the molecule is O=C(CN1C(=O)C2CCCCC2C1=O)Nc1ccc(-n2cccn2)nc1. The average Bonchev–Trinajstić information content (AvgIpc) is 3.27. The van der Waals surface area contributed by atoms with Crippen molar-refractivity contribution in [1.82, 2.24) is 19.7 Å². The van der Waals surface area contributed by atoms with Crippen LogP contribution in [0.4, 0.5) is 5.69 Å². The molecule has 1 saturated heterocycles. The number of aromatic nitrogens is 3. The Kier molecular flexibility index (Phi) is 4.24. The first-order valence-corrected chi connectivity index (χ1v) is 8.74. The van der Waals surface area contributed by atoms with E-state index in [1.165, 1.54) is 6.20 Å². The zero-order valence-electron chi connectivity index (χ0n) is 14.2. The van der Waals surface area contributed by atoms with E-state index in [9.17, 15) is 14.4 Å². The standard InChI is InChI=1S/C18H19N5O3/c24-16(11-22-17(25)13-4-1-2-5-14(13)18(22)26)21-12-6-7-15(19-10-12)23-9-3-8-20-23/h3,6-10,13-14H,1-2,4-5,11H2,(H,21,24). The lowest BCUT2D eigenvalue weighted by atomic mass is 9.81. The van der Waals surface area contributed by atoms with Crippen LogP contribution in [0.1, 0.15) is 25.7 Å². The minimum atomic E-state index is -0.404. The number of anilines is 1. The third kappa shape index (κ3) is 2.98. The molecule has 3 heterocycles. The molecule has 1 saturated carbocycles. The summed E-state index contributed by atoms with van der Waals surface area (Å²) in [6.45, 7) is -0.244. The van der Waals surface area contributed by atoms with Gasteiger partial charge in [-0.3, -0.25) is 19.3 Å². The number of nitrogens with zero attached hydrogens (tertiary/aromatic N) is 4. The fraction of sp³-hybridized carbons (Fsp3) is 0.389. The van der Waals surface area contributed by atoms with Gasteiger partial charge in [0.25, 0.3) is 0 Å². The van der Waals surface area contributed by atoms with E-state index in [1.807, 2.05) is 0 Å². The second-order valence-corrected chi connectivity index (χ2v) is 6.66. The maximum Gasteiger partial charge on any atom is 0.244 e. The van der Waals surface area contributed by atoms with Gasteiger partial charge in [0.15, 0.2) is 5.82 Å². The second kappa shape index (κ2) is 6.70. The molecule has 2 aliphatic rings. The van der Waals surface area contributed by atoms with Crippen molar-refractivity contribution in [3.05, 3.63) is 36.8 Å². The lowest BCUT2D eigenvalue weighted by Crippen LogP contribution is -2.38. The maximum atomic E-state index is 12.4. The highest BCUT2D eigenvalue weighted by Gasteiger charge is 2.48. The van der Waals surface area contributed by atoms with Crippen molar-refractivity contribution >= 4 is 23.4 Å². The number of hydrogen-bond acceptors (Lipinski definition) is 5. The molecule has 2 fully saturated rings. The van der Waals surface area contributed by atoms with E-state index < -0.39 is 5.91 Å². The smallest absolute Gasteiger partial charge is 0.244 e. The first kappa shape index (κ1) is 16.4. The van der Waals surface area contributed by atoms with Crippen molar-refractivity contribution in [2.75, 3.05) is 11.9 Å².